The minimum Gasteiger partial charge on any atom is -0.368 e. The highest BCUT2D eigenvalue weighted by Crippen LogP contribution is 2.19. The minimum atomic E-state index is -0.222. The molecule has 1 aromatic carbocycles. The number of anilines is 2. The second-order valence-corrected chi connectivity index (χ2v) is 4.50. The van der Waals surface area contributed by atoms with Crippen LogP contribution in [0, 0.1) is 12.7 Å². The number of halogens is 1. The molecule has 0 aliphatic carbocycles. The maximum Gasteiger partial charge on any atom is 0.224 e. The predicted molar refractivity (Wildman–Crippen MR) is 74.6 cm³/mol. The molecule has 0 aliphatic heterocycles. The highest BCUT2D eigenvalue weighted by atomic mass is 19.1. The number of hydrogen-bond donors (Lipinski definition) is 3. The molecule has 2 aromatic heterocycles. The van der Waals surface area contributed by atoms with Gasteiger partial charge in [-0.25, -0.2) is 4.39 Å². The number of fused-ring (bicyclic) bond motifs is 1. The number of nitrogens with zero attached hydrogens (tertiary/aromatic N) is 3. The lowest BCUT2D eigenvalue weighted by atomic mass is 10.1. The summed E-state index contributed by atoms with van der Waals surface area (Å²) in [4.78, 5) is 8.16. The number of nitrogens with two attached hydrogens (primary N) is 1. The van der Waals surface area contributed by atoms with Crippen LogP contribution >= 0.6 is 0 Å². The van der Waals surface area contributed by atoms with Crippen LogP contribution in [0.4, 0.5) is 16.2 Å². The lowest BCUT2D eigenvalue weighted by molar-refractivity contribution is 0.616. The van der Waals surface area contributed by atoms with Crippen LogP contribution in [-0.2, 0) is 6.54 Å². The van der Waals surface area contributed by atoms with Crippen LogP contribution in [0.2, 0.25) is 0 Å². The van der Waals surface area contributed by atoms with Crippen LogP contribution in [0.5, 0.6) is 0 Å². The van der Waals surface area contributed by atoms with Gasteiger partial charge in [-0.15, -0.1) is 0 Å². The van der Waals surface area contributed by atoms with Crippen molar-refractivity contribution < 1.29 is 4.39 Å². The third-order valence-electron chi connectivity index (χ3n) is 3.02. The molecule has 3 rings (SSSR count). The number of benzene rings is 1. The molecule has 0 unspecified atom stereocenters. The van der Waals surface area contributed by atoms with E-state index in [1.807, 2.05) is 6.07 Å². The van der Waals surface area contributed by atoms with Gasteiger partial charge in [-0.1, -0.05) is 12.1 Å². The molecule has 0 atom stereocenters. The number of aromatic nitrogens is 4. The summed E-state index contributed by atoms with van der Waals surface area (Å²) >= 11 is 0. The van der Waals surface area contributed by atoms with Gasteiger partial charge >= 0.3 is 0 Å². The van der Waals surface area contributed by atoms with Crippen molar-refractivity contribution in [2.24, 2.45) is 0 Å². The number of rotatable bonds is 3. The molecule has 0 spiro atoms. The smallest absolute Gasteiger partial charge is 0.224 e. The summed E-state index contributed by atoms with van der Waals surface area (Å²) in [5, 5.41) is 10.5. The highest BCUT2D eigenvalue weighted by molar-refractivity contribution is 5.86. The Bertz CT molecular complexity index is 767. The van der Waals surface area contributed by atoms with Crippen molar-refractivity contribution in [3.63, 3.8) is 0 Å². The zero-order valence-corrected chi connectivity index (χ0v) is 10.8. The minimum absolute atomic E-state index is 0.152. The van der Waals surface area contributed by atoms with E-state index in [1.54, 1.807) is 19.2 Å². The first-order valence-corrected chi connectivity index (χ1v) is 6.09. The molecule has 102 valence electrons. The van der Waals surface area contributed by atoms with E-state index >= 15 is 0 Å². The first-order valence-electron chi connectivity index (χ1n) is 6.09. The van der Waals surface area contributed by atoms with Gasteiger partial charge in [-0.2, -0.15) is 15.1 Å². The van der Waals surface area contributed by atoms with Crippen LogP contribution in [0.3, 0.4) is 0 Å². The van der Waals surface area contributed by atoms with E-state index in [2.05, 4.69) is 25.5 Å². The summed E-state index contributed by atoms with van der Waals surface area (Å²) in [6.45, 7) is 2.17. The van der Waals surface area contributed by atoms with Gasteiger partial charge in [0.2, 0.25) is 5.95 Å². The molecule has 0 radical (unpaired) electrons. The van der Waals surface area contributed by atoms with Gasteiger partial charge in [0, 0.05) is 6.54 Å². The molecule has 6 nitrogen and oxygen atoms in total. The molecule has 0 fully saturated rings. The van der Waals surface area contributed by atoms with Crippen molar-refractivity contribution in [3.05, 3.63) is 41.3 Å². The Kier molecular flexibility index (Phi) is 2.94. The Morgan fingerprint density at radius 1 is 1.35 bits per heavy atom. The molecule has 0 aliphatic rings. The molecule has 3 aromatic rings. The van der Waals surface area contributed by atoms with Crippen molar-refractivity contribution >= 4 is 22.8 Å². The molecule has 0 saturated carbocycles. The zero-order chi connectivity index (χ0) is 14.1. The quantitative estimate of drug-likeness (QED) is 0.678. The second-order valence-electron chi connectivity index (χ2n) is 4.50. The van der Waals surface area contributed by atoms with E-state index in [1.165, 1.54) is 6.07 Å². The van der Waals surface area contributed by atoms with Gasteiger partial charge < -0.3 is 11.1 Å². The van der Waals surface area contributed by atoms with E-state index in [0.717, 1.165) is 10.9 Å². The van der Waals surface area contributed by atoms with Gasteiger partial charge in [-0.3, -0.25) is 5.10 Å². The number of hydrogen-bond acceptors (Lipinski definition) is 5. The number of nitrogen functional groups attached to an aromatic ring is 1. The van der Waals surface area contributed by atoms with Crippen LogP contribution < -0.4 is 11.1 Å². The highest BCUT2D eigenvalue weighted by Gasteiger charge is 2.08. The zero-order valence-electron chi connectivity index (χ0n) is 10.8. The molecular formula is C13H13FN6. The van der Waals surface area contributed by atoms with E-state index in [4.69, 9.17) is 5.73 Å². The van der Waals surface area contributed by atoms with Gasteiger partial charge in [0.05, 0.1) is 11.6 Å². The Labute approximate surface area is 114 Å². The monoisotopic (exact) mass is 272 g/mol. The lowest BCUT2D eigenvalue weighted by Gasteiger charge is -2.08. The number of aromatic amines is 1. The summed E-state index contributed by atoms with van der Waals surface area (Å²) in [6, 6.07) is 5.11. The van der Waals surface area contributed by atoms with E-state index in [9.17, 15) is 4.39 Å². The first kappa shape index (κ1) is 12.3. The predicted octanol–water partition coefficient (Wildman–Crippen LogP) is 1.99. The Morgan fingerprint density at radius 3 is 3.00 bits per heavy atom. The van der Waals surface area contributed by atoms with E-state index in [-0.39, 0.29) is 11.8 Å². The largest absolute Gasteiger partial charge is 0.368 e. The summed E-state index contributed by atoms with van der Waals surface area (Å²) in [5.41, 5.74) is 7.64. The average molecular weight is 272 g/mol. The Balaban J connectivity index is 1.86. The number of nitrogens with one attached hydrogen (secondary N) is 2. The van der Waals surface area contributed by atoms with Crippen molar-refractivity contribution in [3.8, 4) is 0 Å². The first-order chi connectivity index (χ1) is 9.63. The maximum absolute atomic E-state index is 13.5. The molecule has 4 N–H and O–H groups in total. The second kappa shape index (κ2) is 4.76. The summed E-state index contributed by atoms with van der Waals surface area (Å²) in [7, 11) is 0. The number of aryl methyl sites for hydroxylation is 1. The molecular weight excluding hydrogens is 259 g/mol. The molecule has 20 heavy (non-hydrogen) atoms. The van der Waals surface area contributed by atoms with Gasteiger partial charge in [0.15, 0.2) is 5.65 Å². The molecule has 7 heteroatoms. The van der Waals surface area contributed by atoms with Crippen LogP contribution in [0.25, 0.3) is 11.0 Å². The Morgan fingerprint density at radius 2 is 2.20 bits per heavy atom. The summed E-state index contributed by atoms with van der Waals surface area (Å²) in [6.07, 6.45) is 1.62. The topological polar surface area (TPSA) is 92.5 Å². The SMILES string of the molecule is Cc1ccc(CNc2nc(N)nc3[nH]ncc23)cc1F. The van der Waals surface area contributed by atoms with E-state index in [0.29, 0.717) is 23.6 Å². The maximum atomic E-state index is 13.5. The standard InChI is InChI=1S/C13H13FN6/c1-7-2-3-8(4-10(7)14)5-16-11-9-6-17-20-12(9)19-13(15)18-11/h2-4,6H,5H2,1H3,(H4,15,16,17,18,19,20). The molecule has 2 heterocycles. The van der Waals surface area contributed by atoms with Gasteiger partial charge in [-0.05, 0) is 24.1 Å². The fourth-order valence-electron chi connectivity index (χ4n) is 1.92. The van der Waals surface area contributed by atoms with Gasteiger partial charge in [0.1, 0.15) is 11.6 Å². The summed E-state index contributed by atoms with van der Waals surface area (Å²) < 4.78 is 13.5. The van der Waals surface area contributed by atoms with Crippen molar-refractivity contribution in [2.75, 3.05) is 11.1 Å². The van der Waals surface area contributed by atoms with E-state index < -0.39 is 0 Å². The van der Waals surface area contributed by atoms with Crippen LogP contribution in [-0.4, -0.2) is 20.2 Å². The Hall–Kier alpha value is -2.70. The fraction of sp³-hybridized carbons (Fsp3) is 0.154. The third-order valence-corrected chi connectivity index (χ3v) is 3.02. The molecule has 0 saturated heterocycles. The van der Waals surface area contributed by atoms with Crippen molar-refractivity contribution in [1.29, 1.82) is 0 Å². The number of H-pyrrole nitrogens is 1. The fourth-order valence-corrected chi connectivity index (χ4v) is 1.92. The van der Waals surface area contributed by atoms with Gasteiger partial charge in [0.25, 0.3) is 0 Å². The third kappa shape index (κ3) is 2.25. The summed E-state index contributed by atoms with van der Waals surface area (Å²) in [5.74, 6) is 0.501. The lowest BCUT2D eigenvalue weighted by Crippen LogP contribution is -2.05. The van der Waals surface area contributed by atoms with Crippen LogP contribution in [0.15, 0.2) is 24.4 Å². The van der Waals surface area contributed by atoms with Crippen molar-refractivity contribution in [2.45, 2.75) is 13.5 Å². The normalized spacial score (nSPS) is 10.9. The molecule has 0 bridgehead atoms. The molecule has 0 amide bonds. The van der Waals surface area contributed by atoms with Crippen molar-refractivity contribution in [1.82, 2.24) is 20.2 Å². The average Bonchev–Trinajstić information content (AvgIpc) is 2.88. The van der Waals surface area contributed by atoms with Crippen LogP contribution in [0.1, 0.15) is 11.1 Å².